The number of hydrogen-bond donors (Lipinski definition) is 0. The molecule has 0 aliphatic rings. The molecular formula is C9H7Cl3O2. The van der Waals surface area contributed by atoms with Crippen molar-refractivity contribution in [3.8, 4) is 5.75 Å². The number of carbonyl (C=O) groups excluding carboxylic acids is 1. The van der Waals surface area contributed by atoms with Gasteiger partial charge in [-0.2, -0.15) is 0 Å². The fourth-order valence-corrected chi connectivity index (χ4v) is 1.31. The molecule has 0 bridgehead atoms. The van der Waals surface area contributed by atoms with Gasteiger partial charge in [0, 0.05) is 5.02 Å². The zero-order chi connectivity index (χ0) is 10.7. The molecule has 0 aliphatic heterocycles. The van der Waals surface area contributed by atoms with Crippen LogP contribution in [0.5, 0.6) is 5.75 Å². The summed E-state index contributed by atoms with van der Waals surface area (Å²) in [7, 11) is 0. The molecule has 0 saturated carbocycles. The normalized spacial score (nSPS) is 12.3. The summed E-state index contributed by atoms with van der Waals surface area (Å²) in [5.74, 6) is 0.387. The summed E-state index contributed by atoms with van der Waals surface area (Å²) in [4.78, 5) is 10.7. The van der Waals surface area contributed by atoms with Crippen LogP contribution in [0, 0.1) is 0 Å². The van der Waals surface area contributed by atoms with Crippen molar-refractivity contribution >= 4 is 40.0 Å². The lowest BCUT2D eigenvalue weighted by Gasteiger charge is -2.11. The molecule has 0 aliphatic carbocycles. The minimum Gasteiger partial charge on any atom is -0.480 e. The standard InChI is InChI=1S/C9H7Cl3O2/c1-5(9(12)13)14-8-3-2-6(10)4-7(8)11/h2-5H,1H3. The Labute approximate surface area is 96.7 Å². The van der Waals surface area contributed by atoms with Gasteiger partial charge in [-0.1, -0.05) is 23.2 Å². The van der Waals surface area contributed by atoms with E-state index in [1.165, 1.54) is 6.07 Å². The quantitative estimate of drug-likeness (QED) is 0.770. The van der Waals surface area contributed by atoms with Crippen molar-refractivity contribution in [2.24, 2.45) is 0 Å². The van der Waals surface area contributed by atoms with E-state index in [0.717, 1.165) is 0 Å². The van der Waals surface area contributed by atoms with E-state index in [4.69, 9.17) is 39.5 Å². The fraction of sp³-hybridized carbons (Fsp3) is 0.222. The topological polar surface area (TPSA) is 26.3 Å². The van der Waals surface area contributed by atoms with Crippen LogP contribution in [0.4, 0.5) is 0 Å². The summed E-state index contributed by atoms with van der Waals surface area (Å²) in [6.45, 7) is 1.54. The van der Waals surface area contributed by atoms with Crippen molar-refractivity contribution in [2.45, 2.75) is 13.0 Å². The smallest absolute Gasteiger partial charge is 0.262 e. The molecule has 0 heterocycles. The first-order chi connectivity index (χ1) is 6.50. The van der Waals surface area contributed by atoms with Gasteiger partial charge in [-0.3, -0.25) is 4.79 Å². The molecule has 0 aromatic heterocycles. The van der Waals surface area contributed by atoms with Crippen LogP contribution in [-0.2, 0) is 4.79 Å². The number of hydrogen-bond acceptors (Lipinski definition) is 2. The third-order valence-electron chi connectivity index (χ3n) is 1.52. The van der Waals surface area contributed by atoms with Crippen molar-refractivity contribution in [1.29, 1.82) is 0 Å². The van der Waals surface area contributed by atoms with Gasteiger partial charge in [-0.25, -0.2) is 0 Å². The third-order valence-corrected chi connectivity index (χ3v) is 2.36. The molecule has 0 radical (unpaired) electrons. The average molecular weight is 254 g/mol. The van der Waals surface area contributed by atoms with Crippen LogP contribution in [0.2, 0.25) is 10.0 Å². The Morgan fingerprint density at radius 2 is 2.07 bits per heavy atom. The molecule has 1 rings (SSSR count). The van der Waals surface area contributed by atoms with Gasteiger partial charge in [0.1, 0.15) is 5.75 Å². The van der Waals surface area contributed by atoms with Crippen LogP contribution < -0.4 is 4.74 Å². The molecule has 76 valence electrons. The van der Waals surface area contributed by atoms with Gasteiger partial charge in [0.15, 0.2) is 6.10 Å². The zero-order valence-corrected chi connectivity index (χ0v) is 9.53. The van der Waals surface area contributed by atoms with E-state index in [9.17, 15) is 4.79 Å². The lowest BCUT2D eigenvalue weighted by molar-refractivity contribution is -0.117. The first-order valence-corrected chi connectivity index (χ1v) is 4.95. The summed E-state index contributed by atoms with van der Waals surface area (Å²) in [6, 6.07) is 4.74. The Balaban J connectivity index is 2.82. The maximum atomic E-state index is 10.7. The molecule has 5 heteroatoms. The molecule has 0 saturated heterocycles. The van der Waals surface area contributed by atoms with Gasteiger partial charge in [0.25, 0.3) is 5.24 Å². The predicted octanol–water partition coefficient (Wildman–Crippen LogP) is 3.53. The van der Waals surface area contributed by atoms with E-state index in [0.29, 0.717) is 15.8 Å². The fourth-order valence-electron chi connectivity index (χ4n) is 0.808. The second-order valence-corrected chi connectivity index (χ2v) is 3.86. The van der Waals surface area contributed by atoms with Crippen molar-refractivity contribution < 1.29 is 9.53 Å². The van der Waals surface area contributed by atoms with E-state index >= 15 is 0 Å². The molecule has 0 fully saturated rings. The molecule has 0 N–H and O–H groups in total. The summed E-state index contributed by atoms with van der Waals surface area (Å²) in [5.41, 5.74) is 0. The second kappa shape index (κ2) is 4.87. The third kappa shape index (κ3) is 3.05. The highest BCUT2D eigenvalue weighted by Gasteiger charge is 2.13. The summed E-state index contributed by atoms with van der Waals surface area (Å²) in [6.07, 6.45) is -0.727. The first-order valence-electron chi connectivity index (χ1n) is 3.81. The van der Waals surface area contributed by atoms with Crippen LogP contribution >= 0.6 is 34.8 Å². The van der Waals surface area contributed by atoms with Crippen molar-refractivity contribution in [3.63, 3.8) is 0 Å². The number of carbonyl (C=O) groups is 1. The van der Waals surface area contributed by atoms with Crippen molar-refractivity contribution in [3.05, 3.63) is 28.2 Å². The Kier molecular flexibility index (Phi) is 4.05. The predicted molar refractivity (Wildman–Crippen MR) is 57.4 cm³/mol. The average Bonchev–Trinajstić information content (AvgIpc) is 2.09. The minimum absolute atomic E-state index is 0.349. The minimum atomic E-state index is -0.727. The largest absolute Gasteiger partial charge is 0.480 e. The van der Waals surface area contributed by atoms with E-state index < -0.39 is 11.3 Å². The molecule has 2 nitrogen and oxygen atoms in total. The van der Waals surface area contributed by atoms with Crippen LogP contribution in [0.15, 0.2) is 18.2 Å². The SMILES string of the molecule is CC(Oc1ccc(Cl)cc1Cl)C(=O)Cl. The molecule has 1 unspecified atom stereocenters. The molecule has 1 aromatic carbocycles. The van der Waals surface area contributed by atoms with E-state index in [-0.39, 0.29) is 0 Å². The molecule has 1 aromatic rings. The van der Waals surface area contributed by atoms with E-state index in [1.807, 2.05) is 0 Å². The van der Waals surface area contributed by atoms with Crippen LogP contribution in [0.25, 0.3) is 0 Å². The second-order valence-electron chi connectivity index (χ2n) is 2.64. The van der Waals surface area contributed by atoms with Crippen molar-refractivity contribution in [1.82, 2.24) is 0 Å². The summed E-state index contributed by atoms with van der Waals surface area (Å²) in [5, 5.41) is 0.283. The van der Waals surface area contributed by atoms with E-state index in [2.05, 4.69) is 0 Å². The van der Waals surface area contributed by atoms with Gasteiger partial charge in [0.05, 0.1) is 5.02 Å². The highest BCUT2D eigenvalue weighted by Crippen LogP contribution is 2.28. The Morgan fingerprint density at radius 3 is 2.57 bits per heavy atom. The van der Waals surface area contributed by atoms with Gasteiger partial charge in [-0.05, 0) is 36.7 Å². The van der Waals surface area contributed by atoms with Crippen LogP contribution in [0.1, 0.15) is 6.92 Å². The van der Waals surface area contributed by atoms with Gasteiger partial charge < -0.3 is 4.74 Å². The van der Waals surface area contributed by atoms with Crippen LogP contribution in [-0.4, -0.2) is 11.3 Å². The maximum Gasteiger partial charge on any atom is 0.262 e. The molecule has 0 spiro atoms. The van der Waals surface area contributed by atoms with Gasteiger partial charge in [-0.15, -0.1) is 0 Å². The van der Waals surface area contributed by atoms with Crippen molar-refractivity contribution in [2.75, 3.05) is 0 Å². The van der Waals surface area contributed by atoms with Gasteiger partial charge >= 0.3 is 0 Å². The van der Waals surface area contributed by atoms with E-state index in [1.54, 1.807) is 19.1 Å². The monoisotopic (exact) mass is 252 g/mol. The molecule has 14 heavy (non-hydrogen) atoms. The van der Waals surface area contributed by atoms with Crippen LogP contribution in [0.3, 0.4) is 0 Å². The molecule has 0 amide bonds. The summed E-state index contributed by atoms with van der Waals surface area (Å²) < 4.78 is 5.19. The Hall–Kier alpha value is -0.440. The highest BCUT2D eigenvalue weighted by molar-refractivity contribution is 6.64. The lowest BCUT2D eigenvalue weighted by Crippen LogP contribution is -2.18. The lowest BCUT2D eigenvalue weighted by atomic mass is 10.3. The zero-order valence-electron chi connectivity index (χ0n) is 7.26. The molecular weight excluding hydrogens is 246 g/mol. The Morgan fingerprint density at radius 1 is 1.43 bits per heavy atom. The maximum absolute atomic E-state index is 10.7. The number of rotatable bonds is 3. The number of benzene rings is 1. The van der Waals surface area contributed by atoms with Gasteiger partial charge in [0.2, 0.25) is 0 Å². The molecule has 1 atom stereocenters. The Bertz CT molecular complexity index is 352. The number of ether oxygens (including phenoxy) is 1. The first kappa shape index (κ1) is 11.6. The summed E-state index contributed by atoms with van der Waals surface area (Å²) >= 11 is 16.7. The number of halogens is 3. The highest BCUT2D eigenvalue weighted by atomic mass is 35.5.